The molecule has 0 saturated heterocycles. The summed E-state index contributed by atoms with van der Waals surface area (Å²) in [4.78, 5) is 0. The average molecular weight is 233 g/mol. The molecule has 90 valence electrons. The molecule has 0 aliphatic heterocycles. The quantitative estimate of drug-likeness (QED) is 0.842. The first-order chi connectivity index (χ1) is 7.36. The maximum Gasteiger partial charge on any atom is 0.416 e. The third kappa shape index (κ3) is 2.96. The van der Waals surface area contributed by atoms with Crippen LogP contribution in [0.25, 0.3) is 0 Å². The summed E-state index contributed by atoms with van der Waals surface area (Å²) in [5, 5.41) is 9.46. The highest BCUT2D eigenvalue weighted by Gasteiger charge is 2.30. The second-order valence-electron chi connectivity index (χ2n) is 3.62. The van der Waals surface area contributed by atoms with Gasteiger partial charge in [-0.15, -0.1) is 0 Å². The Morgan fingerprint density at radius 3 is 2.12 bits per heavy atom. The van der Waals surface area contributed by atoms with Crippen molar-refractivity contribution in [2.45, 2.75) is 31.7 Å². The smallest absolute Gasteiger partial charge is 0.391 e. The Balaban J connectivity index is 2.87. The van der Waals surface area contributed by atoms with Crippen LogP contribution in [0.3, 0.4) is 0 Å². The fourth-order valence-corrected chi connectivity index (χ4v) is 1.37. The fraction of sp³-hybridized carbons (Fsp3) is 0.455. The van der Waals surface area contributed by atoms with Crippen LogP contribution >= 0.6 is 0 Å². The molecule has 5 heteroatoms. The number of alkyl halides is 3. The molecule has 0 unspecified atom stereocenters. The van der Waals surface area contributed by atoms with Crippen LogP contribution in [0.4, 0.5) is 13.2 Å². The number of nitrogens with two attached hydrogens (primary N) is 1. The third-order valence-electron chi connectivity index (χ3n) is 2.46. The van der Waals surface area contributed by atoms with Crippen molar-refractivity contribution in [3.8, 4) is 0 Å². The molecule has 16 heavy (non-hydrogen) atoms. The van der Waals surface area contributed by atoms with Gasteiger partial charge in [-0.2, -0.15) is 13.2 Å². The van der Waals surface area contributed by atoms with Gasteiger partial charge in [0.05, 0.1) is 17.7 Å². The summed E-state index contributed by atoms with van der Waals surface area (Å²) in [6.07, 6.45) is -4.62. The first-order valence-corrected chi connectivity index (χ1v) is 4.97. The molecule has 0 radical (unpaired) electrons. The SMILES string of the molecule is CC[C@@H](O)[C@@H](N)c1ccc(C(F)(F)F)cc1. The molecule has 0 aliphatic carbocycles. The van der Waals surface area contributed by atoms with Crippen LogP contribution in [-0.4, -0.2) is 11.2 Å². The fourth-order valence-electron chi connectivity index (χ4n) is 1.37. The first-order valence-electron chi connectivity index (χ1n) is 4.97. The summed E-state index contributed by atoms with van der Waals surface area (Å²) < 4.78 is 36.8. The maximum atomic E-state index is 12.3. The van der Waals surface area contributed by atoms with E-state index in [9.17, 15) is 18.3 Å². The maximum absolute atomic E-state index is 12.3. The van der Waals surface area contributed by atoms with Crippen molar-refractivity contribution in [3.05, 3.63) is 35.4 Å². The van der Waals surface area contributed by atoms with Crippen LogP contribution in [0.1, 0.15) is 30.5 Å². The molecule has 0 amide bonds. The van der Waals surface area contributed by atoms with E-state index in [0.29, 0.717) is 12.0 Å². The van der Waals surface area contributed by atoms with Gasteiger partial charge in [-0.1, -0.05) is 19.1 Å². The highest BCUT2D eigenvalue weighted by molar-refractivity contribution is 5.27. The highest BCUT2D eigenvalue weighted by Crippen LogP contribution is 2.30. The van der Waals surface area contributed by atoms with Crippen LogP contribution in [0.2, 0.25) is 0 Å². The van der Waals surface area contributed by atoms with Gasteiger partial charge in [-0.05, 0) is 24.1 Å². The monoisotopic (exact) mass is 233 g/mol. The van der Waals surface area contributed by atoms with Crippen molar-refractivity contribution < 1.29 is 18.3 Å². The molecule has 2 atom stereocenters. The molecule has 2 nitrogen and oxygen atoms in total. The number of hydrogen-bond donors (Lipinski definition) is 2. The molecule has 1 aromatic carbocycles. The summed E-state index contributed by atoms with van der Waals surface area (Å²) in [5.74, 6) is 0. The summed E-state index contributed by atoms with van der Waals surface area (Å²) in [6, 6.07) is 3.89. The normalized spacial score (nSPS) is 15.9. The summed E-state index contributed by atoms with van der Waals surface area (Å²) in [6.45, 7) is 1.76. The summed E-state index contributed by atoms with van der Waals surface area (Å²) in [5.41, 5.74) is 5.47. The molecule has 0 aromatic heterocycles. The van der Waals surface area contributed by atoms with Gasteiger partial charge in [0.2, 0.25) is 0 Å². The van der Waals surface area contributed by atoms with Crippen LogP contribution in [0, 0.1) is 0 Å². The lowest BCUT2D eigenvalue weighted by atomic mass is 9.99. The number of aliphatic hydroxyl groups is 1. The molecule has 0 saturated carbocycles. The van der Waals surface area contributed by atoms with Crippen LogP contribution < -0.4 is 5.73 Å². The lowest BCUT2D eigenvalue weighted by Gasteiger charge is -2.18. The minimum absolute atomic E-state index is 0.461. The zero-order valence-electron chi connectivity index (χ0n) is 8.83. The van der Waals surface area contributed by atoms with E-state index in [1.807, 2.05) is 0 Å². The van der Waals surface area contributed by atoms with Gasteiger partial charge in [0.15, 0.2) is 0 Å². The molecule has 0 aliphatic rings. The van der Waals surface area contributed by atoms with Crippen LogP contribution in [-0.2, 0) is 6.18 Å². The second-order valence-corrected chi connectivity index (χ2v) is 3.62. The lowest BCUT2D eigenvalue weighted by Crippen LogP contribution is -2.25. The van der Waals surface area contributed by atoms with Crippen molar-refractivity contribution in [3.63, 3.8) is 0 Å². The highest BCUT2D eigenvalue weighted by atomic mass is 19.4. The molecule has 0 heterocycles. The second kappa shape index (κ2) is 4.84. The number of halogens is 3. The number of hydrogen-bond acceptors (Lipinski definition) is 2. The molecular weight excluding hydrogens is 219 g/mol. The third-order valence-corrected chi connectivity index (χ3v) is 2.46. The van der Waals surface area contributed by atoms with Crippen molar-refractivity contribution in [1.29, 1.82) is 0 Å². The number of rotatable bonds is 3. The van der Waals surface area contributed by atoms with E-state index in [2.05, 4.69) is 0 Å². The lowest BCUT2D eigenvalue weighted by molar-refractivity contribution is -0.137. The van der Waals surface area contributed by atoms with Crippen LogP contribution in [0.15, 0.2) is 24.3 Å². The molecule has 0 bridgehead atoms. The van der Waals surface area contributed by atoms with Gasteiger partial charge in [0.25, 0.3) is 0 Å². The van der Waals surface area contributed by atoms with Crippen molar-refractivity contribution >= 4 is 0 Å². The largest absolute Gasteiger partial charge is 0.416 e. The standard InChI is InChI=1S/C11H14F3NO/c1-2-9(16)10(15)7-3-5-8(6-4-7)11(12,13)14/h3-6,9-10,16H,2,15H2,1H3/t9-,10+/m1/s1. The van der Waals surface area contributed by atoms with E-state index in [-0.39, 0.29) is 0 Å². The minimum atomic E-state index is -4.34. The first kappa shape index (κ1) is 13.0. The Hall–Kier alpha value is -1.07. The van der Waals surface area contributed by atoms with Crippen LogP contribution in [0.5, 0.6) is 0 Å². The minimum Gasteiger partial charge on any atom is -0.391 e. The topological polar surface area (TPSA) is 46.2 Å². The van der Waals surface area contributed by atoms with Crippen molar-refractivity contribution in [1.82, 2.24) is 0 Å². The van der Waals surface area contributed by atoms with E-state index in [1.165, 1.54) is 12.1 Å². The van der Waals surface area contributed by atoms with Crippen molar-refractivity contribution in [2.75, 3.05) is 0 Å². The van der Waals surface area contributed by atoms with Gasteiger partial charge >= 0.3 is 6.18 Å². The number of benzene rings is 1. The van der Waals surface area contributed by atoms with Gasteiger partial charge in [0, 0.05) is 0 Å². The molecular formula is C11H14F3NO. The summed E-state index contributed by atoms with van der Waals surface area (Å²) in [7, 11) is 0. The predicted molar refractivity (Wildman–Crippen MR) is 54.7 cm³/mol. The molecule has 0 fully saturated rings. The predicted octanol–water partition coefficient (Wildman–Crippen LogP) is 2.48. The van der Waals surface area contributed by atoms with E-state index in [1.54, 1.807) is 6.92 Å². The van der Waals surface area contributed by atoms with Gasteiger partial charge in [-0.25, -0.2) is 0 Å². The zero-order valence-corrected chi connectivity index (χ0v) is 8.83. The Kier molecular flexibility index (Phi) is 3.93. The Bertz CT molecular complexity index is 334. The molecule has 3 N–H and O–H groups in total. The Morgan fingerprint density at radius 1 is 1.25 bits per heavy atom. The van der Waals surface area contributed by atoms with Crippen molar-refractivity contribution in [2.24, 2.45) is 5.73 Å². The van der Waals surface area contributed by atoms with E-state index in [0.717, 1.165) is 12.1 Å². The molecule has 1 aromatic rings. The van der Waals surface area contributed by atoms with E-state index in [4.69, 9.17) is 5.73 Å². The van der Waals surface area contributed by atoms with Gasteiger partial charge in [0.1, 0.15) is 0 Å². The number of aliphatic hydroxyl groups excluding tert-OH is 1. The zero-order chi connectivity index (χ0) is 12.3. The summed E-state index contributed by atoms with van der Waals surface area (Å²) >= 11 is 0. The Labute approximate surface area is 91.9 Å². The van der Waals surface area contributed by atoms with E-state index < -0.39 is 23.9 Å². The van der Waals surface area contributed by atoms with Gasteiger partial charge in [-0.3, -0.25) is 0 Å². The average Bonchev–Trinajstić information content (AvgIpc) is 2.26. The van der Waals surface area contributed by atoms with Gasteiger partial charge < -0.3 is 10.8 Å². The molecule has 0 spiro atoms. The molecule has 1 rings (SSSR count). The Morgan fingerprint density at radius 2 is 1.75 bits per heavy atom. The van der Waals surface area contributed by atoms with E-state index >= 15 is 0 Å².